The fraction of sp³-hybridized carbons (Fsp3) is 0.353. The second kappa shape index (κ2) is 6.81. The first-order valence-corrected chi connectivity index (χ1v) is 7.28. The number of hydrogen-bond donors (Lipinski definition) is 1. The summed E-state index contributed by atoms with van der Waals surface area (Å²) in [7, 11) is 1.65. The minimum atomic E-state index is -2.79. The van der Waals surface area contributed by atoms with Crippen LogP contribution in [0.3, 0.4) is 0 Å². The van der Waals surface area contributed by atoms with E-state index in [1.165, 1.54) is 4.90 Å². The van der Waals surface area contributed by atoms with Gasteiger partial charge in [0, 0.05) is 20.0 Å². The standard InChI is InChI=1S/C17H18F2N2O.ClH/c1-21(16(22)15-9-17(18,19)11-20-15)10-12-6-7-13-4-2-3-5-14(13)8-12;/h2-8,15,20H,9-11H2,1H3;1H. The van der Waals surface area contributed by atoms with Crippen LogP contribution in [-0.2, 0) is 11.3 Å². The highest BCUT2D eigenvalue weighted by atomic mass is 35.5. The normalized spacial score (nSPS) is 19.3. The van der Waals surface area contributed by atoms with Crippen LogP contribution in [0, 0.1) is 0 Å². The van der Waals surface area contributed by atoms with Gasteiger partial charge < -0.3 is 4.90 Å². The Morgan fingerprint density at radius 1 is 1.26 bits per heavy atom. The summed E-state index contributed by atoms with van der Waals surface area (Å²) in [6.07, 6.45) is -0.423. The summed E-state index contributed by atoms with van der Waals surface area (Å²) in [6, 6.07) is 13.2. The maximum Gasteiger partial charge on any atom is 0.262 e. The molecule has 1 unspecified atom stereocenters. The average Bonchev–Trinajstić information content (AvgIpc) is 2.86. The maximum atomic E-state index is 13.2. The molecule has 1 atom stereocenters. The Balaban J connectivity index is 0.00000192. The van der Waals surface area contributed by atoms with Crippen molar-refractivity contribution in [3.63, 3.8) is 0 Å². The molecule has 1 aliphatic rings. The first-order valence-electron chi connectivity index (χ1n) is 7.28. The highest BCUT2D eigenvalue weighted by Gasteiger charge is 2.43. The van der Waals surface area contributed by atoms with Crippen LogP contribution >= 0.6 is 12.4 Å². The monoisotopic (exact) mass is 340 g/mol. The van der Waals surface area contributed by atoms with Crippen LogP contribution in [0.5, 0.6) is 0 Å². The second-order valence-electron chi connectivity index (χ2n) is 5.87. The van der Waals surface area contributed by atoms with Crippen LogP contribution in [0.4, 0.5) is 8.78 Å². The minimum Gasteiger partial charge on any atom is -0.340 e. The van der Waals surface area contributed by atoms with Crippen molar-refractivity contribution in [1.82, 2.24) is 10.2 Å². The molecule has 1 aliphatic heterocycles. The van der Waals surface area contributed by atoms with Crippen LogP contribution in [0.1, 0.15) is 12.0 Å². The lowest BCUT2D eigenvalue weighted by Gasteiger charge is -2.21. The molecule has 1 amide bonds. The quantitative estimate of drug-likeness (QED) is 0.930. The zero-order chi connectivity index (χ0) is 15.7. The summed E-state index contributed by atoms with van der Waals surface area (Å²) < 4.78 is 26.4. The van der Waals surface area contributed by atoms with Crippen molar-refractivity contribution >= 4 is 29.1 Å². The largest absolute Gasteiger partial charge is 0.340 e. The molecule has 0 aromatic heterocycles. The molecule has 0 spiro atoms. The number of hydrogen-bond acceptors (Lipinski definition) is 2. The Labute approximate surface area is 140 Å². The van der Waals surface area contributed by atoms with Gasteiger partial charge in [0.25, 0.3) is 5.92 Å². The zero-order valence-corrected chi connectivity index (χ0v) is 13.6. The van der Waals surface area contributed by atoms with Gasteiger partial charge in [-0.3, -0.25) is 10.1 Å². The lowest BCUT2D eigenvalue weighted by atomic mass is 10.1. The van der Waals surface area contributed by atoms with Crippen molar-refractivity contribution < 1.29 is 13.6 Å². The molecule has 1 saturated heterocycles. The second-order valence-corrected chi connectivity index (χ2v) is 5.87. The van der Waals surface area contributed by atoms with Gasteiger partial charge in [-0.1, -0.05) is 36.4 Å². The molecule has 1 fully saturated rings. The fourth-order valence-corrected chi connectivity index (χ4v) is 2.85. The van der Waals surface area contributed by atoms with Crippen LogP contribution in [-0.4, -0.2) is 36.4 Å². The average molecular weight is 341 g/mol. The molecule has 3 nitrogen and oxygen atoms in total. The molecule has 1 N–H and O–H groups in total. The molecular weight excluding hydrogens is 322 g/mol. The highest BCUT2D eigenvalue weighted by Crippen LogP contribution is 2.26. The van der Waals surface area contributed by atoms with Gasteiger partial charge in [-0.15, -0.1) is 12.4 Å². The number of benzene rings is 2. The van der Waals surface area contributed by atoms with Gasteiger partial charge >= 0.3 is 0 Å². The van der Waals surface area contributed by atoms with Crippen molar-refractivity contribution in [1.29, 1.82) is 0 Å². The Morgan fingerprint density at radius 3 is 2.61 bits per heavy atom. The number of nitrogens with one attached hydrogen (secondary N) is 1. The number of fused-ring (bicyclic) bond motifs is 1. The summed E-state index contributed by atoms with van der Waals surface area (Å²) in [5, 5.41) is 4.84. The van der Waals surface area contributed by atoms with Crippen LogP contribution in [0.25, 0.3) is 10.8 Å². The van der Waals surface area contributed by atoms with Gasteiger partial charge in [0.1, 0.15) is 0 Å². The Morgan fingerprint density at radius 2 is 1.96 bits per heavy atom. The number of alkyl halides is 2. The van der Waals surface area contributed by atoms with Crippen molar-refractivity contribution in [2.45, 2.75) is 24.9 Å². The number of likely N-dealkylation sites (N-methyl/N-ethyl adjacent to an activating group) is 1. The topological polar surface area (TPSA) is 32.3 Å². The summed E-state index contributed by atoms with van der Waals surface area (Å²) >= 11 is 0. The van der Waals surface area contributed by atoms with E-state index in [0.717, 1.165) is 16.3 Å². The molecule has 0 bridgehead atoms. The van der Waals surface area contributed by atoms with Gasteiger partial charge in [0.05, 0.1) is 12.6 Å². The lowest BCUT2D eigenvalue weighted by Crippen LogP contribution is -2.41. The molecule has 0 aliphatic carbocycles. The fourth-order valence-electron chi connectivity index (χ4n) is 2.85. The SMILES string of the molecule is CN(Cc1ccc2ccccc2c1)C(=O)C1CC(F)(F)CN1.Cl. The van der Waals surface area contributed by atoms with Crippen molar-refractivity contribution in [3.8, 4) is 0 Å². The van der Waals surface area contributed by atoms with Crippen LogP contribution in [0.15, 0.2) is 42.5 Å². The Kier molecular flexibility index (Phi) is 5.22. The van der Waals surface area contributed by atoms with E-state index in [2.05, 4.69) is 5.32 Å². The number of carbonyl (C=O) groups excluding carboxylic acids is 1. The van der Waals surface area contributed by atoms with Gasteiger partial charge in [-0.2, -0.15) is 0 Å². The van der Waals surface area contributed by atoms with E-state index in [1.807, 2.05) is 42.5 Å². The van der Waals surface area contributed by atoms with Crippen LogP contribution in [0.2, 0.25) is 0 Å². The van der Waals surface area contributed by atoms with Crippen LogP contribution < -0.4 is 5.32 Å². The van der Waals surface area contributed by atoms with E-state index in [-0.39, 0.29) is 18.3 Å². The maximum absolute atomic E-state index is 13.2. The molecule has 6 heteroatoms. The van der Waals surface area contributed by atoms with Gasteiger partial charge in [-0.05, 0) is 22.4 Å². The number of halogens is 3. The van der Waals surface area contributed by atoms with Gasteiger partial charge in [-0.25, -0.2) is 8.78 Å². The predicted molar refractivity (Wildman–Crippen MR) is 89.0 cm³/mol. The summed E-state index contributed by atoms with van der Waals surface area (Å²) in [5.41, 5.74) is 0.985. The third kappa shape index (κ3) is 3.98. The molecule has 2 aromatic carbocycles. The molecule has 23 heavy (non-hydrogen) atoms. The summed E-state index contributed by atoms with van der Waals surface area (Å²) in [5.74, 6) is -3.07. The molecule has 2 aromatic rings. The minimum absolute atomic E-state index is 0. The first-order chi connectivity index (χ1) is 10.4. The smallest absolute Gasteiger partial charge is 0.262 e. The Hall–Kier alpha value is -1.72. The molecule has 124 valence electrons. The van der Waals surface area contributed by atoms with E-state index < -0.39 is 24.9 Å². The van der Waals surface area contributed by atoms with E-state index in [1.54, 1.807) is 7.05 Å². The third-order valence-corrected chi connectivity index (χ3v) is 4.02. The number of carbonyl (C=O) groups is 1. The molecule has 1 heterocycles. The molecule has 0 saturated carbocycles. The van der Waals surface area contributed by atoms with Gasteiger partial charge in [0.2, 0.25) is 5.91 Å². The Bertz CT molecular complexity index is 708. The number of nitrogens with zero attached hydrogens (tertiary/aromatic N) is 1. The molecular formula is C17H19ClF2N2O. The predicted octanol–water partition coefficient (Wildman–Crippen LogP) is 3.22. The van der Waals surface area contributed by atoms with E-state index in [4.69, 9.17) is 0 Å². The third-order valence-electron chi connectivity index (χ3n) is 4.02. The van der Waals surface area contributed by atoms with E-state index in [0.29, 0.717) is 6.54 Å². The number of amides is 1. The molecule has 0 radical (unpaired) electrons. The van der Waals surface area contributed by atoms with Crippen molar-refractivity contribution in [3.05, 3.63) is 48.0 Å². The number of rotatable bonds is 3. The summed E-state index contributed by atoms with van der Waals surface area (Å²) in [6.45, 7) is -0.0133. The van der Waals surface area contributed by atoms with Gasteiger partial charge in [0.15, 0.2) is 0 Å². The van der Waals surface area contributed by atoms with E-state index >= 15 is 0 Å². The van der Waals surface area contributed by atoms with Crippen molar-refractivity contribution in [2.75, 3.05) is 13.6 Å². The lowest BCUT2D eigenvalue weighted by molar-refractivity contribution is -0.132. The van der Waals surface area contributed by atoms with Crippen molar-refractivity contribution in [2.24, 2.45) is 0 Å². The zero-order valence-electron chi connectivity index (χ0n) is 12.8. The van der Waals surface area contributed by atoms with E-state index in [9.17, 15) is 13.6 Å². The summed E-state index contributed by atoms with van der Waals surface area (Å²) in [4.78, 5) is 13.7. The molecule has 3 rings (SSSR count). The highest BCUT2D eigenvalue weighted by molar-refractivity contribution is 5.85. The first kappa shape index (κ1) is 17.6.